The Morgan fingerprint density at radius 1 is 0.422 bits per heavy atom. The predicted octanol–water partition coefficient (Wildman–Crippen LogP) is 13.1. The largest absolute Gasteiger partial charge is 0.0847 e. The Hall–Kier alpha value is -0.260. The highest BCUT2D eigenvalue weighted by Crippen LogP contribution is 2.66. The minimum atomic E-state index is 0.569. The van der Waals surface area contributed by atoms with E-state index >= 15 is 0 Å². The second kappa shape index (κ2) is 12.6. The van der Waals surface area contributed by atoms with Crippen LogP contribution in [0.15, 0.2) is 11.6 Å². The van der Waals surface area contributed by atoms with Crippen LogP contribution in [0.1, 0.15) is 174 Å². The van der Waals surface area contributed by atoms with Gasteiger partial charge in [0, 0.05) is 0 Å². The number of rotatable bonds is 3. The molecule has 14 unspecified atom stereocenters. The minimum absolute atomic E-state index is 0.569. The molecule has 0 aliphatic heterocycles. The molecule has 0 bridgehead atoms. The molecule has 0 amide bonds. The molecule has 8 saturated carbocycles. The molecule has 0 spiro atoms. The molecule has 9 aliphatic carbocycles. The minimum Gasteiger partial charge on any atom is -0.0847 e. The molecule has 0 aromatic heterocycles. The van der Waals surface area contributed by atoms with Gasteiger partial charge in [-0.3, -0.25) is 0 Å². The van der Waals surface area contributed by atoms with Crippen molar-refractivity contribution < 1.29 is 0 Å². The van der Waals surface area contributed by atoms with Crippen molar-refractivity contribution in [2.45, 2.75) is 174 Å². The zero-order chi connectivity index (χ0) is 30.1. The van der Waals surface area contributed by atoms with Crippen LogP contribution in [-0.2, 0) is 0 Å². The number of hydrogen-bond acceptors (Lipinski definition) is 0. The fourth-order valence-corrected chi connectivity index (χ4v) is 16.7. The van der Waals surface area contributed by atoms with Gasteiger partial charge in [-0.15, -0.1) is 0 Å². The van der Waals surface area contributed by atoms with Crippen LogP contribution in [0.25, 0.3) is 0 Å². The van der Waals surface area contributed by atoms with Gasteiger partial charge < -0.3 is 0 Å². The van der Waals surface area contributed by atoms with Gasteiger partial charge in [-0.25, -0.2) is 0 Å². The number of allylic oxidation sites excluding steroid dienone is 2. The van der Waals surface area contributed by atoms with Gasteiger partial charge in [0.25, 0.3) is 0 Å². The van der Waals surface area contributed by atoms with Gasteiger partial charge in [-0.05, 0) is 178 Å². The number of hydrogen-bond donors (Lipinski definition) is 0. The highest BCUT2D eigenvalue weighted by molar-refractivity contribution is 5.21. The summed E-state index contributed by atoms with van der Waals surface area (Å²) in [5, 5.41) is 0. The molecule has 14 atom stereocenters. The van der Waals surface area contributed by atoms with Crippen LogP contribution in [0.2, 0.25) is 0 Å². The second-order valence-electron chi connectivity index (χ2n) is 20.3. The lowest BCUT2D eigenvalue weighted by atomic mass is 9.49. The van der Waals surface area contributed by atoms with Crippen LogP contribution in [0, 0.1) is 94.2 Å². The summed E-state index contributed by atoms with van der Waals surface area (Å²) in [6.45, 7) is 5.56. The zero-order valence-electron chi connectivity index (χ0n) is 29.9. The summed E-state index contributed by atoms with van der Waals surface area (Å²) in [5.74, 6) is 16.0. The summed E-state index contributed by atoms with van der Waals surface area (Å²) >= 11 is 0. The summed E-state index contributed by atoms with van der Waals surface area (Å²) in [4.78, 5) is 0. The van der Waals surface area contributed by atoms with E-state index in [4.69, 9.17) is 0 Å². The van der Waals surface area contributed by atoms with E-state index in [0.717, 1.165) is 88.8 Å². The Bertz CT molecular complexity index is 1060. The maximum atomic E-state index is 2.94. The van der Waals surface area contributed by atoms with Crippen molar-refractivity contribution in [2.24, 2.45) is 94.2 Å². The molecule has 9 rings (SSSR count). The molecule has 8 fully saturated rings. The average molecular weight is 613 g/mol. The average Bonchev–Trinajstić information content (AvgIpc) is 3.32. The van der Waals surface area contributed by atoms with Gasteiger partial charge in [0.05, 0.1) is 0 Å². The van der Waals surface area contributed by atoms with Crippen molar-refractivity contribution in [3.05, 3.63) is 11.6 Å². The third-order valence-electron chi connectivity index (χ3n) is 18.6. The van der Waals surface area contributed by atoms with E-state index in [2.05, 4.69) is 19.9 Å². The van der Waals surface area contributed by atoms with E-state index in [-0.39, 0.29) is 0 Å². The molecule has 0 nitrogen and oxygen atoms in total. The van der Waals surface area contributed by atoms with Gasteiger partial charge in [-0.2, -0.15) is 0 Å². The Morgan fingerprint density at radius 2 is 1.04 bits per heavy atom. The lowest BCUT2D eigenvalue weighted by Crippen LogP contribution is -2.47. The maximum absolute atomic E-state index is 2.94. The van der Waals surface area contributed by atoms with E-state index in [1.54, 1.807) is 122 Å². The summed E-state index contributed by atoms with van der Waals surface area (Å²) in [6, 6.07) is 0. The topological polar surface area (TPSA) is 0 Å². The van der Waals surface area contributed by atoms with Gasteiger partial charge in [-0.1, -0.05) is 103 Å². The molecule has 0 radical (unpaired) electrons. The van der Waals surface area contributed by atoms with E-state index in [9.17, 15) is 0 Å². The second-order valence-corrected chi connectivity index (χ2v) is 20.3. The Labute approximate surface area is 279 Å². The first-order valence-electron chi connectivity index (χ1n) is 21.7. The fraction of sp³-hybridized carbons (Fsp3) is 0.956. The zero-order valence-corrected chi connectivity index (χ0v) is 29.9. The van der Waals surface area contributed by atoms with Crippen molar-refractivity contribution in [3.63, 3.8) is 0 Å². The van der Waals surface area contributed by atoms with E-state index in [1.807, 2.05) is 5.57 Å². The molecule has 0 heterocycles. The van der Waals surface area contributed by atoms with Gasteiger partial charge in [0.2, 0.25) is 0 Å². The van der Waals surface area contributed by atoms with E-state index in [0.29, 0.717) is 5.41 Å². The molecular formula is C45H72. The summed E-state index contributed by atoms with van der Waals surface area (Å²) < 4.78 is 0. The summed E-state index contributed by atoms with van der Waals surface area (Å²) in [7, 11) is 0. The molecule has 0 saturated heterocycles. The van der Waals surface area contributed by atoms with Crippen LogP contribution >= 0.6 is 0 Å². The first-order valence-corrected chi connectivity index (χ1v) is 21.7. The van der Waals surface area contributed by atoms with Crippen LogP contribution in [0.4, 0.5) is 0 Å². The third kappa shape index (κ3) is 5.40. The molecule has 252 valence electrons. The molecular weight excluding hydrogens is 540 g/mol. The summed E-state index contributed by atoms with van der Waals surface area (Å²) in [5.41, 5.74) is 2.59. The first-order chi connectivity index (χ1) is 22.1. The molecule has 0 aromatic carbocycles. The molecule has 0 N–H and O–H groups in total. The maximum Gasteiger partial charge on any atom is -0.0172 e. The highest BCUT2D eigenvalue weighted by atomic mass is 14.6. The molecule has 9 aliphatic rings. The van der Waals surface area contributed by atoms with Crippen molar-refractivity contribution >= 4 is 0 Å². The Kier molecular flexibility index (Phi) is 8.59. The van der Waals surface area contributed by atoms with E-state index in [1.165, 1.54) is 38.5 Å². The standard InChI is InChI=1S/C45H72/c1-45(2)43-27-31(29-11-4-3-5-12-29)21-23-39(43)40-24-22-34(28-44(40)45)36-18-10-14-30-19-20-33(26-41(30)36)42-25-32-13-6-7-15-35(32)37-16-8-9-17-38(37)42/h22,29-33,35-44H,3-21,23-28H2,1-2H3. The van der Waals surface area contributed by atoms with Gasteiger partial charge in [0.15, 0.2) is 0 Å². The van der Waals surface area contributed by atoms with Crippen LogP contribution in [0.3, 0.4) is 0 Å². The third-order valence-corrected chi connectivity index (χ3v) is 18.6. The monoisotopic (exact) mass is 613 g/mol. The van der Waals surface area contributed by atoms with Crippen molar-refractivity contribution in [1.29, 1.82) is 0 Å². The van der Waals surface area contributed by atoms with Gasteiger partial charge >= 0.3 is 0 Å². The molecule has 45 heavy (non-hydrogen) atoms. The Balaban J connectivity index is 0.911. The lowest BCUT2D eigenvalue weighted by Gasteiger charge is -2.56. The van der Waals surface area contributed by atoms with Crippen molar-refractivity contribution in [3.8, 4) is 0 Å². The van der Waals surface area contributed by atoms with Gasteiger partial charge in [0.1, 0.15) is 0 Å². The van der Waals surface area contributed by atoms with E-state index < -0.39 is 0 Å². The lowest BCUT2D eigenvalue weighted by molar-refractivity contribution is -0.0563. The first kappa shape index (κ1) is 30.8. The van der Waals surface area contributed by atoms with Crippen LogP contribution in [-0.4, -0.2) is 0 Å². The predicted molar refractivity (Wildman–Crippen MR) is 190 cm³/mol. The normalized spacial score (nSPS) is 51.6. The van der Waals surface area contributed by atoms with Crippen molar-refractivity contribution in [1.82, 2.24) is 0 Å². The smallest absolute Gasteiger partial charge is 0.0172 e. The van der Waals surface area contributed by atoms with Crippen molar-refractivity contribution in [2.75, 3.05) is 0 Å². The highest BCUT2D eigenvalue weighted by Gasteiger charge is 2.58. The molecule has 0 heteroatoms. The SMILES string of the molecule is CC1(C)C2CC(C3CCCC4CCC(C5CC6CCCCC6C6CCCCC56)CC43)=CCC2C2CCC(C3CCCCC3)CC21. The number of fused-ring (bicyclic) bond motifs is 7. The molecule has 0 aromatic rings. The summed E-state index contributed by atoms with van der Waals surface area (Å²) in [6.07, 6.45) is 42.2. The fourth-order valence-electron chi connectivity index (χ4n) is 16.7. The van der Waals surface area contributed by atoms with Crippen LogP contribution < -0.4 is 0 Å². The Morgan fingerprint density at radius 3 is 1.89 bits per heavy atom. The van der Waals surface area contributed by atoms with Crippen LogP contribution in [0.5, 0.6) is 0 Å². The quantitative estimate of drug-likeness (QED) is 0.278.